The quantitative estimate of drug-likeness (QED) is 0.592. The van der Waals surface area contributed by atoms with Crippen LogP contribution >= 0.6 is 11.8 Å². The van der Waals surface area contributed by atoms with Crippen molar-refractivity contribution in [3.63, 3.8) is 0 Å². The summed E-state index contributed by atoms with van der Waals surface area (Å²) in [5.41, 5.74) is 2.20. The fourth-order valence-corrected chi connectivity index (χ4v) is 2.30. The first-order chi connectivity index (χ1) is 8.31. The lowest BCUT2D eigenvalue weighted by Crippen LogP contribution is -1.87. The van der Waals surface area contributed by atoms with Gasteiger partial charge in [0.05, 0.1) is 0 Å². The van der Waals surface area contributed by atoms with Crippen LogP contribution in [0.3, 0.4) is 0 Å². The number of carbonyl (C=O) groups is 1. The van der Waals surface area contributed by atoms with Crippen LogP contribution in [0.4, 0.5) is 0 Å². The second kappa shape index (κ2) is 5.51. The highest BCUT2D eigenvalue weighted by Gasteiger charge is 2.07. The molecule has 0 aliphatic heterocycles. The second-order valence-corrected chi connectivity index (χ2v) is 4.53. The zero-order chi connectivity index (χ0) is 12.1. The minimum atomic E-state index is -0.0339. The van der Waals surface area contributed by atoms with Gasteiger partial charge in [0.1, 0.15) is 0 Å². The Kier molecular flexibility index (Phi) is 3.78. The van der Waals surface area contributed by atoms with E-state index in [0.29, 0.717) is 0 Å². The third-order valence-corrected chi connectivity index (χ3v) is 3.29. The smallest absolute Gasteiger partial charge is 0.216 e. The van der Waals surface area contributed by atoms with Crippen molar-refractivity contribution in [2.75, 3.05) is 0 Å². The Labute approximate surface area is 105 Å². The van der Waals surface area contributed by atoms with E-state index < -0.39 is 0 Å². The topological polar surface area (TPSA) is 17.1 Å². The summed E-state index contributed by atoms with van der Waals surface area (Å²) in [6.07, 6.45) is 1.34. The lowest BCUT2D eigenvalue weighted by atomic mass is 10.1. The average molecular weight is 240 g/mol. The van der Waals surface area contributed by atoms with Gasteiger partial charge in [-0.05, 0) is 35.0 Å². The molecule has 0 radical (unpaired) electrons. The zero-order valence-electron chi connectivity index (χ0n) is 9.30. The van der Waals surface area contributed by atoms with E-state index in [0.717, 1.165) is 16.0 Å². The molecule has 0 spiro atoms. The van der Waals surface area contributed by atoms with Crippen LogP contribution in [0.5, 0.6) is 0 Å². The molecule has 0 bridgehead atoms. The van der Waals surface area contributed by atoms with E-state index in [9.17, 15) is 4.79 Å². The number of hydrogen-bond acceptors (Lipinski definition) is 2. The van der Waals surface area contributed by atoms with E-state index in [2.05, 4.69) is 6.58 Å². The van der Waals surface area contributed by atoms with Crippen molar-refractivity contribution in [2.45, 2.75) is 4.90 Å². The minimum absolute atomic E-state index is 0.0339. The maximum atomic E-state index is 11.4. The van der Waals surface area contributed by atoms with Gasteiger partial charge in [0.25, 0.3) is 0 Å². The van der Waals surface area contributed by atoms with Crippen molar-refractivity contribution < 1.29 is 4.79 Å². The van der Waals surface area contributed by atoms with Gasteiger partial charge in [0.15, 0.2) is 0 Å². The molecule has 0 unspecified atom stereocenters. The Balaban J connectivity index is 2.41. The maximum Gasteiger partial charge on any atom is 0.216 e. The summed E-state index contributed by atoms with van der Waals surface area (Å²) in [6.45, 7) is 3.49. The van der Waals surface area contributed by atoms with Crippen LogP contribution in [0.1, 0.15) is 0 Å². The van der Waals surface area contributed by atoms with Crippen LogP contribution in [0, 0.1) is 0 Å². The summed E-state index contributed by atoms with van der Waals surface area (Å²) in [6, 6.07) is 17.9. The molecule has 0 saturated heterocycles. The molecule has 0 N–H and O–H groups in total. The van der Waals surface area contributed by atoms with Gasteiger partial charge in [0, 0.05) is 4.90 Å². The van der Waals surface area contributed by atoms with Gasteiger partial charge in [-0.3, -0.25) is 4.79 Å². The number of carbonyl (C=O) groups excluding carboxylic acids is 1. The fourth-order valence-electron chi connectivity index (χ4n) is 1.56. The van der Waals surface area contributed by atoms with Gasteiger partial charge in [-0.25, -0.2) is 0 Å². The van der Waals surface area contributed by atoms with E-state index in [-0.39, 0.29) is 5.12 Å². The zero-order valence-corrected chi connectivity index (χ0v) is 10.1. The summed E-state index contributed by atoms with van der Waals surface area (Å²) >= 11 is 1.21. The predicted molar refractivity (Wildman–Crippen MR) is 72.9 cm³/mol. The van der Waals surface area contributed by atoms with Gasteiger partial charge < -0.3 is 0 Å². The average Bonchev–Trinajstić information content (AvgIpc) is 2.40. The molecule has 2 rings (SSSR count). The SMILES string of the molecule is C=CC(=O)Sc1ccccc1-c1ccccc1. The monoisotopic (exact) mass is 240 g/mol. The number of hydrogen-bond donors (Lipinski definition) is 0. The molecule has 0 amide bonds. The molecule has 2 aromatic rings. The Morgan fingerprint density at radius 3 is 2.35 bits per heavy atom. The Morgan fingerprint density at radius 2 is 1.65 bits per heavy atom. The van der Waals surface area contributed by atoms with Crippen molar-refractivity contribution in [1.82, 2.24) is 0 Å². The highest BCUT2D eigenvalue weighted by Crippen LogP contribution is 2.31. The second-order valence-electron chi connectivity index (χ2n) is 3.49. The highest BCUT2D eigenvalue weighted by atomic mass is 32.2. The number of rotatable bonds is 3. The molecule has 0 aliphatic rings. The van der Waals surface area contributed by atoms with E-state index in [1.54, 1.807) is 0 Å². The molecule has 17 heavy (non-hydrogen) atoms. The van der Waals surface area contributed by atoms with E-state index in [4.69, 9.17) is 0 Å². The first-order valence-electron chi connectivity index (χ1n) is 5.30. The van der Waals surface area contributed by atoms with Gasteiger partial charge in [-0.2, -0.15) is 0 Å². The third kappa shape index (κ3) is 2.86. The molecule has 0 heterocycles. The molecule has 0 fully saturated rings. The summed E-state index contributed by atoms with van der Waals surface area (Å²) in [4.78, 5) is 12.4. The summed E-state index contributed by atoms with van der Waals surface area (Å²) in [7, 11) is 0. The summed E-state index contributed by atoms with van der Waals surface area (Å²) in [5, 5.41) is -0.0339. The molecule has 0 atom stereocenters. The predicted octanol–water partition coefficient (Wildman–Crippen LogP) is 4.16. The van der Waals surface area contributed by atoms with Gasteiger partial charge in [-0.15, -0.1) is 0 Å². The molecular weight excluding hydrogens is 228 g/mol. The van der Waals surface area contributed by atoms with Crippen molar-refractivity contribution in [2.24, 2.45) is 0 Å². The van der Waals surface area contributed by atoms with Gasteiger partial charge in [0.2, 0.25) is 5.12 Å². The van der Waals surface area contributed by atoms with Crippen LogP contribution in [0.15, 0.2) is 72.1 Å². The molecule has 0 aliphatic carbocycles. The van der Waals surface area contributed by atoms with Crippen molar-refractivity contribution >= 4 is 16.9 Å². The standard InChI is InChI=1S/C15H12OS/c1-2-15(16)17-14-11-7-6-10-13(14)12-8-4-3-5-9-12/h2-11H,1H2. The van der Waals surface area contributed by atoms with Crippen LogP contribution in [-0.4, -0.2) is 5.12 Å². The summed E-state index contributed by atoms with van der Waals surface area (Å²) < 4.78 is 0. The van der Waals surface area contributed by atoms with Crippen LogP contribution in [0.2, 0.25) is 0 Å². The van der Waals surface area contributed by atoms with Crippen molar-refractivity contribution in [3.05, 3.63) is 67.3 Å². The first kappa shape index (κ1) is 11.7. The molecule has 0 aromatic heterocycles. The summed E-state index contributed by atoms with van der Waals surface area (Å²) in [5.74, 6) is 0. The van der Waals surface area contributed by atoms with Crippen molar-refractivity contribution in [1.29, 1.82) is 0 Å². The van der Waals surface area contributed by atoms with Crippen LogP contribution in [0.25, 0.3) is 11.1 Å². The maximum absolute atomic E-state index is 11.4. The van der Waals surface area contributed by atoms with E-state index >= 15 is 0 Å². The fraction of sp³-hybridized carbons (Fsp3) is 0. The normalized spacial score (nSPS) is 9.88. The van der Waals surface area contributed by atoms with Crippen LogP contribution < -0.4 is 0 Å². The number of thioether (sulfide) groups is 1. The largest absolute Gasteiger partial charge is 0.282 e. The van der Waals surface area contributed by atoms with Gasteiger partial charge >= 0.3 is 0 Å². The molecule has 84 valence electrons. The molecule has 2 aromatic carbocycles. The highest BCUT2D eigenvalue weighted by molar-refractivity contribution is 8.14. The minimum Gasteiger partial charge on any atom is -0.282 e. The molecule has 0 saturated carbocycles. The molecule has 2 heteroatoms. The van der Waals surface area contributed by atoms with E-state index in [1.807, 2.05) is 54.6 Å². The van der Waals surface area contributed by atoms with E-state index in [1.165, 1.54) is 17.8 Å². The van der Waals surface area contributed by atoms with Crippen LogP contribution in [-0.2, 0) is 4.79 Å². The molecular formula is C15H12OS. The van der Waals surface area contributed by atoms with Gasteiger partial charge in [-0.1, -0.05) is 55.1 Å². The first-order valence-corrected chi connectivity index (χ1v) is 6.11. The Hall–Kier alpha value is -1.80. The lowest BCUT2D eigenvalue weighted by Gasteiger charge is -2.07. The Morgan fingerprint density at radius 1 is 1.00 bits per heavy atom. The lowest BCUT2D eigenvalue weighted by molar-refractivity contribution is -0.107. The molecule has 1 nitrogen and oxygen atoms in total. The number of benzene rings is 2. The Bertz CT molecular complexity index is 532. The van der Waals surface area contributed by atoms with Crippen molar-refractivity contribution in [3.8, 4) is 11.1 Å². The third-order valence-electron chi connectivity index (χ3n) is 2.35.